The first-order valence-electron chi connectivity index (χ1n) is 4.66. The van der Waals surface area contributed by atoms with Crippen molar-refractivity contribution in [1.82, 2.24) is 4.98 Å². The zero-order valence-electron chi connectivity index (χ0n) is 9.39. The number of aromatic nitrogens is 1. The summed E-state index contributed by atoms with van der Waals surface area (Å²) in [4.78, 5) is 15.7. The number of pyridine rings is 1. The smallest absolute Gasteiger partial charge is 0.363 e. The van der Waals surface area contributed by atoms with Gasteiger partial charge in [-0.05, 0) is 36.7 Å². The van der Waals surface area contributed by atoms with Crippen LogP contribution in [0.25, 0.3) is 0 Å². The fraction of sp³-hybridized carbons (Fsp3) is 0.500. The largest absolute Gasteiger partial charge is 0.367 e. The van der Waals surface area contributed by atoms with Crippen LogP contribution < -0.4 is 4.90 Å². The first-order valence-corrected chi connectivity index (χ1v) is 4.66. The number of rotatable bonds is 2. The molecule has 0 fully saturated rings. The molecule has 0 aromatic carbocycles. The van der Waals surface area contributed by atoms with Crippen molar-refractivity contribution in [3.05, 3.63) is 28.4 Å². The van der Waals surface area contributed by atoms with Crippen molar-refractivity contribution < 1.29 is 4.92 Å². The number of hydrogen-bond acceptors (Lipinski definition) is 4. The standard InChI is InChI=1S/C10H15N3O2/c1-10(2,3)12(4)8-5-6-9(11-7-8)13(14)15/h5-7H,1-4H3. The molecule has 82 valence electrons. The minimum absolute atomic E-state index is 0.0299. The normalized spacial score (nSPS) is 11.2. The van der Waals surface area contributed by atoms with Gasteiger partial charge in [-0.2, -0.15) is 0 Å². The van der Waals surface area contributed by atoms with E-state index in [9.17, 15) is 10.1 Å². The van der Waals surface area contributed by atoms with Crippen LogP contribution in [-0.4, -0.2) is 22.5 Å². The van der Waals surface area contributed by atoms with Gasteiger partial charge in [-0.15, -0.1) is 0 Å². The third-order valence-electron chi connectivity index (χ3n) is 2.31. The average Bonchev–Trinajstić information content (AvgIpc) is 2.15. The first-order chi connectivity index (χ1) is 6.82. The van der Waals surface area contributed by atoms with E-state index in [4.69, 9.17) is 0 Å². The summed E-state index contributed by atoms with van der Waals surface area (Å²) >= 11 is 0. The third-order valence-corrected chi connectivity index (χ3v) is 2.31. The second-order valence-corrected chi connectivity index (χ2v) is 4.36. The average molecular weight is 209 g/mol. The number of nitrogens with zero attached hydrogens (tertiary/aromatic N) is 3. The molecule has 0 spiro atoms. The molecule has 0 aliphatic heterocycles. The fourth-order valence-electron chi connectivity index (χ4n) is 1.07. The molecule has 5 heteroatoms. The van der Waals surface area contributed by atoms with E-state index < -0.39 is 4.92 Å². The van der Waals surface area contributed by atoms with Gasteiger partial charge in [0.05, 0.1) is 5.69 Å². The first kappa shape index (κ1) is 11.4. The summed E-state index contributed by atoms with van der Waals surface area (Å²) in [6, 6.07) is 3.12. The van der Waals surface area contributed by atoms with Crippen LogP contribution in [0.15, 0.2) is 18.3 Å². The zero-order valence-corrected chi connectivity index (χ0v) is 9.39. The Morgan fingerprint density at radius 2 is 2.00 bits per heavy atom. The molecule has 1 rings (SSSR count). The Kier molecular flexibility index (Phi) is 2.93. The van der Waals surface area contributed by atoms with Gasteiger partial charge >= 0.3 is 5.82 Å². The lowest BCUT2D eigenvalue weighted by atomic mass is 10.1. The van der Waals surface area contributed by atoms with E-state index >= 15 is 0 Å². The lowest BCUT2D eigenvalue weighted by Crippen LogP contribution is -2.38. The van der Waals surface area contributed by atoms with Gasteiger partial charge in [0.15, 0.2) is 6.20 Å². The van der Waals surface area contributed by atoms with Crippen molar-refractivity contribution in [1.29, 1.82) is 0 Å². The number of nitro groups is 1. The highest BCUT2D eigenvalue weighted by atomic mass is 16.6. The Bertz CT molecular complexity index is 354. The third kappa shape index (κ3) is 2.65. The molecule has 0 aliphatic carbocycles. The second-order valence-electron chi connectivity index (χ2n) is 4.36. The molecule has 0 atom stereocenters. The van der Waals surface area contributed by atoms with Crippen molar-refractivity contribution in [2.45, 2.75) is 26.3 Å². The van der Waals surface area contributed by atoms with Crippen LogP contribution in [-0.2, 0) is 0 Å². The molecular formula is C10H15N3O2. The van der Waals surface area contributed by atoms with Gasteiger partial charge in [0.25, 0.3) is 0 Å². The zero-order chi connectivity index (χ0) is 11.6. The quantitative estimate of drug-likeness (QED) is 0.553. The van der Waals surface area contributed by atoms with Crippen molar-refractivity contribution in [3.63, 3.8) is 0 Å². The summed E-state index contributed by atoms with van der Waals surface area (Å²) < 4.78 is 0. The molecule has 1 aromatic heterocycles. The van der Waals surface area contributed by atoms with E-state index in [1.807, 2.05) is 11.9 Å². The van der Waals surface area contributed by atoms with Gasteiger partial charge < -0.3 is 15.0 Å². The van der Waals surface area contributed by atoms with Gasteiger partial charge in [0.2, 0.25) is 0 Å². The molecule has 0 amide bonds. The summed E-state index contributed by atoms with van der Waals surface area (Å²) in [5, 5.41) is 10.4. The Labute approximate surface area is 88.9 Å². The van der Waals surface area contributed by atoms with Crippen LogP contribution in [0.4, 0.5) is 11.5 Å². The summed E-state index contributed by atoms with van der Waals surface area (Å²) in [7, 11) is 1.93. The lowest BCUT2D eigenvalue weighted by Gasteiger charge is -2.33. The predicted octanol–water partition coefficient (Wildman–Crippen LogP) is 2.22. The monoisotopic (exact) mass is 209 g/mol. The van der Waals surface area contributed by atoms with Gasteiger partial charge in [-0.1, -0.05) is 0 Å². The Hall–Kier alpha value is -1.65. The molecule has 0 radical (unpaired) electrons. The summed E-state index contributed by atoms with van der Waals surface area (Å²) in [5.74, 6) is -0.124. The van der Waals surface area contributed by atoms with Crippen molar-refractivity contribution in [3.8, 4) is 0 Å². The highest BCUT2D eigenvalue weighted by Crippen LogP contribution is 2.22. The Balaban J connectivity index is 2.94. The highest BCUT2D eigenvalue weighted by molar-refractivity contribution is 5.47. The van der Waals surface area contributed by atoms with E-state index in [0.29, 0.717) is 0 Å². The van der Waals surface area contributed by atoms with Crippen molar-refractivity contribution >= 4 is 11.5 Å². The Morgan fingerprint density at radius 3 is 2.33 bits per heavy atom. The predicted molar refractivity (Wildman–Crippen MR) is 59.0 cm³/mol. The number of anilines is 1. The maximum atomic E-state index is 10.4. The van der Waals surface area contributed by atoms with E-state index in [-0.39, 0.29) is 11.4 Å². The summed E-state index contributed by atoms with van der Waals surface area (Å²) in [5.41, 5.74) is 0.839. The van der Waals surface area contributed by atoms with Crippen LogP contribution in [0, 0.1) is 10.1 Å². The van der Waals surface area contributed by atoms with E-state index in [1.165, 1.54) is 12.3 Å². The molecule has 0 saturated carbocycles. The van der Waals surface area contributed by atoms with Crippen LogP contribution >= 0.6 is 0 Å². The molecule has 0 bridgehead atoms. The second kappa shape index (κ2) is 3.84. The van der Waals surface area contributed by atoms with Crippen molar-refractivity contribution in [2.75, 3.05) is 11.9 Å². The molecule has 0 N–H and O–H groups in total. The van der Waals surface area contributed by atoms with Gasteiger partial charge in [-0.25, -0.2) is 0 Å². The fourth-order valence-corrected chi connectivity index (χ4v) is 1.07. The molecule has 1 aromatic rings. The summed E-state index contributed by atoms with van der Waals surface area (Å²) in [6.45, 7) is 6.19. The molecule has 15 heavy (non-hydrogen) atoms. The van der Waals surface area contributed by atoms with Gasteiger partial charge in [-0.3, -0.25) is 0 Å². The maximum absolute atomic E-state index is 10.4. The van der Waals surface area contributed by atoms with Gasteiger partial charge in [0, 0.05) is 18.7 Å². The van der Waals surface area contributed by atoms with Crippen LogP contribution in [0.1, 0.15) is 20.8 Å². The van der Waals surface area contributed by atoms with Crippen LogP contribution in [0.2, 0.25) is 0 Å². The van der Waals surface area contributed by atoms with Crippen LogP contribution in [0.5, 0.6) is 0 Å². The molecule has 0 saturated heterocycles. The van der Waals surface area contributed by atoms with E-state index in [0.717, 1.165) is 5.69 Å². The molecule has 0 unspecified atom stereocenters. The van der Waals surface area contributed by atoms with E-state index in [1.54, 1.807) is 6.07 Å². The molecule has 0 aliphatic rings. The summed E-state index contributed by atoms with van der Waals surface area (Å²) in [6.07, 6.45) is 1.52. The van der Waals surface area contributed by atoms with Crippen molar-refractivity contribution in [2.24, 2.45) is 0 Å². The molecule has 1 heterocycles. The maximum Gasteiger partial charge on any atom is 0.363 e. The van der Waals surface area contributed by atoms with Crippen LogP contribution in [0.3, 0.4) is 0 Å². The van der Waals surface area contributed by atoms with E-state index in [2.05, 4.69) is 25.8 Å². The number of hydrogen-bond donors (Lipinski definition) is 0. The topological polar surface area (TPSA) is 59.3 Å². The lowest BCUT2D eigenvalue weighted by molar-refractivity contribution is -0.389. The minimum atomic E-state index is -0.499. The Morgan fingerprint density at radius 1 is 1.40 bits per heavy atom. The SMILES string of the molecule is CN(c1ccc([N+](=O)[O-])nc1)C(C)(C)C. The molecule has 5 nitrogen and oxygen atoms in total. The van der Waals surface area contributed by atoms with Gasteiger partial charge in [0.1, 0.15) is 0 Å². The minimum Gasteiger partial charge on any atom is -0.367 e. The molecular weight excluding hydrogens is 194 g/mol. The highest BCUT2D eigenvalue weighted by Gasteiger charge is 2.19.